The molecule has 3 aromatic rings. The molecule has 4 heteroatoms. The highest BCUT2D eigenvalue weighted by atomic mass is 35.5. The predicted molar refractivity (Wildman–Crippen MR) is 107 cm³/mol. The van der Waals surface area contributed by atoms with Crippen LogP contribution >= 0.6 is 23.8 Å². The maximum Gasteiger partial charge on any atom is 0.120 e. The summed E-state index contributed by atoms with van der Waals surface area (Å²) in [6.45, 7) is 1.12. The molecule has 0 aliphatic heterocycles. The number of hydrogen-bond acceptors (Lipinski definition) is 2. The molecule has 126 valence electrons. The molecule has 2 nitrogen and oxygen atoms in total. The minimum Gasteiger partial charge on any atom is -0.489 e. The van der Waals surface area contributed by atoms with Crippen molar-refractivity contribution in [2.24, 2.45) is 0 Å². The number of halogens is 1. The summed E-state index contributed by atoms with van der Waals surface area (Å²) in [4.78, 5) is 0.671. The Hall–Kier alpha value is -2.36. The molecule has 0 atom stereocenters. The van der Waals surface area contributed by atoms with Gasteiger partial charge in [0, 0.05) is 17.1 Å². The molecule has 0 spiro atoms. The van der Waals surface area contributed by atoms with Crippen LogP contribution in [0.25, 0.3) is 0 Å². The van der Waals surface area contributed by atoms with E-state index >= 15 is 0 Å². The lowest BCUT2D eigenvalue weighted by atomic mass is 10.2. The van der Waals surface area contributed by atoms with Crippen LogP contribution in [0.1, 0.15) is 16.7 Å². The van der Waals surface area contributed by atoms with E-state index in [2.05, 4.69) is 5.32 Å². The van der Waals surface area contributed by atoms with E-state index in [0.717, 1.165) is 27.5 Å². The molecule has 0 heterocycles. The van der Waals surface area contributed by atoms with Crippen molar-refractivity contribution in [2.45, 2.75) is 13.2 Å². The van der Waals surface area contributed by atoms with Crippen LogP contribution in [0.5, 0.6) is 5.75 Å². The minimum absolute atomic E-state index is 0.532. The van der Waals surface area contributed by atoms with Crippen molar-refractivity contribution in [3.63, 3.8) is 0 Å². The Morgan fingerprint density at radius 2 is 1.68 bits per heavy atom. The number of thiocarbonyl (C=S) groups is 1. The molecule has 0 radical (unpaired) electrons. The lowest BCUT2D eigenvalue weighted by molar-refractivity contribution is 0.306. The Balaban J connectivity index is 1.60. The van der Waals surface area contributed by atoms with Gasteiger partial charge in [-0.15, -0.1) is 0 Å². The molecule has 0 saturated heterocycles. The lowest BCUT2D eigenvalue weighted by Gasteiger charge is -2.11. The summed E-state index contributed by atoms with van der Waals surface area (Å²) in [5.74, 6) is 0.795. The molecular weight excluding hydrogens is 350 g/mol. The van der Waals surface area contributed by atoms with Crippen LogP contribution in [0.3, 0.4) is 0 Å². The Morgan fingerprint density at radius 3 is 2.48 bits per heavy atom. The summed E-state index contributed by atoms with van der Waals surface area (Å²) in [5.41, 5.74) is 3.07. The first-order valence-corrected chi connectivity index (χ1v) is 8.79. The van der Waals surface area contributed by atoms with Gasteiger partial charge in [0.2, 0.25) is 0 Å². The SMILES string of the molecule is S=C(NCc1ccccc1Cl)c1cccc(OCc2ccccc2)c1. The monoisotopic (exact) mass is 367 g/mol. The molecule has 0 aliphatic rings. The Kier molecular flexibility index (Phi) is 6.04. The van der Waals surface area contributed by atoms with Gasteiger partial charge < -0.3 is 10.1 Å². The lowest BCUT2D eigenvalue weighted by Crippen LogP contribution is -2.21. The smallest absolute Gasteiger partial charge is 0.120 e. The van der Waals surface area contributed by atoms with Crippen LogP contribution in [0, 0.1) is 0 Å². The maximum atomic E-state index is 6.18. The fourth-order valence-electron chi connectivity index (χ4n) is 2.39. The van der Waals surface area contributed by atoms with Crippen LogP contribution in [-0.4, -0.2) is 4.99 Å². The highest BCUT2D eigenvalue weighted by molar-refractivity contribution is 7.80. The molecule has 3 aromatic carbocycles. The third kappa shape index (κ3) is 5.05. The van der Waals surface area contributed by atoms with E-state index in [4.69, 9.17) is 28.6 Å². The highest BCUT2D eigenvalue weighted by Gasteiger charge is 2.05. The number of hydrogen-bond donors (Lipinski definition) is 1. The zero-order chi connectivity index (χ0) is 17.5. The van der Waals surface area contributed by atoms with Crippen molar-refractivity contribution < 1.29 is 4.74 Å². The van der Waals surface area contributed by atoms with Gasteiger partial charge >= 0.3 is 0 Å². The molecule has 0 aromatic heterocycles. The Bertz CT molecular complexity index is 851. The Morgan fingerprint density at radius 1 is 0.920 bits per heavy atom. The van der Waals surface area contributed by atoms with Gasteiger partial charge in [-0.1, -0.05) is 84.5 Å². The van der Waals surface area contributed by atoms with Gasteiger partial charge in [0.25, 0.3) is 0 Å². The first-order valence-electron chi connectivity index (χ1n) is 8.01. The zero-order valence-corrected chi connectivity index (χ0v) is 15.2. The largest absolute Gasteiger partial charge is 0.489 e. The van der Waals surface area contributed by atoms with Crippen LogP contribution in [0.2, 0.25) is 5.02 Å². The quantitative estimate of drug-likeness (QED) is 0.590. The molecule has 0 aliphatic carbocycles. The highest BCUT2D eigenvalue weighted by Crippen LogP contribution is 2.17. The van der Waals surface area contributed by atoms with Crippen molar-refractivity contribution in [1.82, 2.24) is 5.32 Å². The van der Waals surface area contributed by atoms with Gasteiger partial charge in [-0.2, -0.15) is 0 Å². The van der Waals surface area contributed by atoms with Crippen LogP contribution in [0.4, 0.5) is 0 Å². The number of nitrogens with one attached hydrogen (secondary N) is 1. The fraction of sp³-hybridized carbons (Fsp3) is 0.0952. The molecule has 0 amide bonds. The molecule has 25 heavy (non-hydrogen) atoms. The van der Waals surface area contributed by atoms with E-state index in [1.54, 1.807) is 0 Å². The minimum atomic E-state index is 0.532. The van der Waals surface area contributed by atoms with Crippen LogP contribution in [0.15, 0.2) is 78.9 Å². The molecular formula is C21H18ClNOS. The summed E-state index contributed by atoms with van der Waals surface area (Å²) in [5, 5.41) is 3.98. The third-order valence-corrected chi connectivity index (χ3v) is 4.49. The third-order valence-electron chi connectivity index (χ3n) is 3.74. The maximum absolute atomic E-state index is 6.18. The summed E-state index contributed by atoms with van der Waals surface area (Å²) in [7, 11) is 0. The van der Waals surface area contributed by atoms with Crippen molar-refractivity contribution in [3.05, 3.63) is 101 Å². The van der Waals surface area contributed by atoms with E-state index < -0.39 is 0 Å². The van der Waals surface area contributed by atoms with Crippen molar-refractivity contribution in [2.75, 3.05) is 0 Å². The molecule has 0 fully saturated rings. The average molecular weight is 368 g/mol. The van der Waals surface area contributed by atoms with Gasteiger partial charge in [-0.3, -0.25) is 0 Å². The zero-order valence-electron chi connectivity index (χ0n) is 13.6. The molecule has 3 rings (SSSR count). The number of ether oxygens (including phenoxy) is 1. The van der Waals surface area contributed by atoms with Gasteiger partial charge in [0.15, 0.2) is 0 Å². The molecule has 0 saturated carbocycles. The van der Waals surface area contributed by atoms with E-state index in [1.807, 2.05) is 78.9 Å². The standard InChI is InChI=1S/C21H18ClNOS/c22-20-12-5-4-9-18(20)14-23-21(25)17-10-6-11-19(13-17)24-15-16-7-2-1-3-8-16/h1-13H,14-15H2,(H,23,25). The molecule has 1 N–H and O–H groups in total. The predicted octanol–water partition coefficient (Wildman–Crippen LogP) is 5.38. The van der Waals surface area contributed by atoms with Crippen molar-refractivity contribution in [1.29, 1.82) is 0 Å². The normalized spacial score (nSPS) is 10.3. The molecule has 0 unspecified atom stereocenters. The topological polar surface area (TPSA) is 21.3 Å². The summed E-state index contributed by atoms with van der Waals surface area (Å²) < 4.78 is 5.86. The van der Waals surface area contributed by atoms with E-state index in [1.165, 1.54) is 0 Å². The van der Waals surface area contributed by atoms with Crippen LogP contribution in [-0.2, 0) is 13.2 Å². The molecule has 0 bridgehead atoms. The summed E-state index contributed by atoms with van der Waals surface area (Å²) >= 11 is 11.7. The number of rotatable bonds is 6. The van der Waals surface area contributed by atoms with Gasteiger partial charge in [0.1, 0.15) is 17.3 Å². The van der Waals surface area contributed by atoms with E-state index in [9.17, 15) is 0 Å². The first kappa shape index (κ1) is 17.5. The second-order valence-corrected chi connectivity index (χ2v) is 6.39. The second-order valence-electron chi connectivity index (χ2n) is 5.58. The van der Waals surface area contributed by atoms with Gasteiger partial charge in [-0.25, -0.2) is 0 Å². The summed E-state index contributed by atoms with van der Waals surface area (Å²) in [6, 6.07) is 25.6. The summed E-state index contributed by atoms with van der Waals surface area (Å²) in [6.07, 6.45) is 0. The first-order chi connectivity index (χ1) is 12.2. The van der Waals surface area contributed by atoms with E-state index in [-0.39, 0.29) is 0 Å². The average Bonchev–Trinajstić information content (AvgIpc) is 2.66. The fourth-order valence-corrected chi connectivity index (χ4v) is 2.79. The van der Waals surface area contributed by atoms with E-state index in [0.29, 0.717) is 18.1 Å². The number of benzene rings is 3. The second kappa shape index (κ2) is 8.65. The Labute approximate surface area is 158 Å². The van der Waals surface area contributed by atoms with Crippen molar-refractivity contribution in [3.8, 4) is 5.75 Å². The van der Waals surface area contributed by atoms with Gasteiger partial charge in [-0.05, 0) is 29.3 Å². The van der Waals surface area contributed by atoms with Crippen molar-refractivity contribution >= 4 is 28.8 Å². The van der Waals surface area contributed by atoms with Crippen LogP contribution < -0.4 is 10.1 Å². The van der Waals surface area contributed by atoms with Gasteiger partial charge in [0.05, 0.1) is 0 Å².